The first-order valence-corrected chi connectivity index (χ1v) is 9.08. The molecule has 1 amide bonds. The van der Waals surface area contributed by atoms with Crippen molar-refractivity contribution in [1.82, 2.24) is 10.2 Å². The molecule has 0 aliphatic carbocycles. The van der Waals surface area contributed by atoms with E-state index in [1.807, 2.05) is 24.3 Å². The summed E-state index contributed by atoms with van der Waals surface area (Å²) in [5.74, 6) is 0.0952. The van der Waals surface area contributed by atoms with Crippen molar-refractivity contribution in [3.8, 4) is 0 Å². The van der Waals surface area contributed by atoms with Crippen molar-refractivity contribution < 1.29 is 4.79 Å². The van der Waals surface area contributed by atoms with Crippen molar-refractivity contribution in [1.29, 1.82) is 0 Å². The predicted octanol–water partition coefficient (Wildman–Crippen LogP) is 4.15. The van der Waals surface area contributed by atoms with Gasteiger partial charge in [-0.1, -0.05) is 66.7 Å². The van der Waals surface area contributed by atoms with E-state index in [0.717, 1.165) is 13.0 Å². The number of benzene rings is 3. The molecule has 0 atom stereocenters. The number of hydrogen-bond acceptors (Lipinski definition) is 2. The van der Waals surface area contributed by atoms with Gasteiger partial charge in [-0.25, -0.2) is 0 Å². The number of rotatable bonds is 7. The Morgan fingerprint density at radius 2 is 1.58 bits per heavy atom. The van der Waals surface area contributed by atoms with Gasteiger partial charge in [0.25, 0.3) is 0 Å². The predicted molar refractivity (Wildman–Crippen MR) is 108 cm³/mol. The van der Waals surface area contributed by atoms with Crippen LogP contribution in [0.25, 0.3) is 10.8 Å². The third kappa shape index (κ3) is 4.93. The van der Waals surface area contributed by atoms with Gasteiger partial charge in [0.2, 0.25) is 5.91 Å². The van der Waals surface area contributed by atoms with E-state index in [4.69, 9.17) is 0 Å². The van der Waals surface area contributed by atoms with Gasteiger partial charge in [-0.15, -0.1) is 0 Å². The fourth-order valence-electron chi connectivity index (χ4n) is 3.16. The summed E-state index contributed by atoms with van der Waals surface area (Å²) in [5, 5.41) is 5.52. The lowest BCUT2D eigenvalue weighted by Gasteiger charge is -2.14. The minimum Gasteiger partial charge on any atom is -0.352 e. The van der Waals surface area contributed by atoms with Gasteiger partial charge in [0.1, 0.15) is 0 Å². The van der Waals surface area contributed by atoms with Gasteiger partial charge < -0.3 is 10.2 Å². The molecule has 0 spiro atoms. The third-order valence-corrected chi connectivity index (χ3v) is 4.54. The Labute approximate surface area is 155 Å². The first-order chi connectivity index (χ1) is 12.6. The summed E-state index contributed by atoms with van der Waals surface area (Å²) >= 11 is 0. The van der Waals surface area contributed by atoms with Gasteiger partial charge in [0, 0.05) is 19.5 Å². The topological polar surface area (TPSA) is 32.3 Å². The van der Waals surface area contributed by atoms with Crippen LogP contribution in [-0.2, 0) is 24.3 Å². The molecule has 3 aromatic rings. The molecule has 0 radical (unpaired) electrons. The van der Waals surface area contributed by atoms with Crippen molar-refractivity contribution in [2.75, 3.05) is 14.1 Å². The van der Waals surface area contributed by atoms with Crippen LogP contribution >= 0.6 is 0 Å². The van der Waals surface area contributed by atoms with Crippen molar-refractivity contribution in [2.45, 2.75) is 25.9 Å². The maximum Gasteiger partial charge on any atom is 0.220 e. The Morgan fingerprint density at radius 1 is 0.885 bits per heavy atom. The lowest BCUT2D eigenvalue weighted by molar-refractivity contribution is -0.121. The van der Waals surface area contributed by atoms with E-state index in [2.05, 4.69) is 66.8 Å². The number of carbonyl (C=O) groups is 1. The van der Waals surface area contributed by atoms with Crippen LogP contribution in [-0.4, -0.2) is 24.9 Å². The average molecular weight is 346 g/mol. The van der Waals surface area contributed by atoms with Crippen molar-refractivity contribution in [2.24, 2.45) is 0 Å². The molecule has 3 rings (SSSR count). The van der Waals surface area contributed by atoms with Crippen LogP contribution in [0, 0.1) is 0 Å². The number of nitrogens with zero attached hydrogens (tertiary/aromatic N) is 1. The second kappa shape index (κ2) is 8.63. The number of amides is 1. The minimum atomic E-state index is 0.0952. The molecule has 0 aromatic heterocycles. The van der Waals surface area contributed by atoms with Crippen LogP contribution in [0.1, 0.15) is 23.1 Å². The molecule has 3 aromatic carbocycles. The number of aryl methyl sites for hydroxylation is 1. The third-order valence-electron chi connectivity index (χ3n) is 4.54. The zero-order chi connectivity index (χ0) is 18.4. The van der Waals surface area contributed by atoms with Crippen molar-refractivity contribution >= 4 is 16.7 Å². The summed E-state index contributed by atoms with van der Waals surface area (Å²) in [6, 6.07) is 23.0. The summed E-state index contributed by atoms with van der Waals surface area (Å²) in [5.41, 5.74) is 3.64. The van der Waals surface area contributed by atoms with Gasteiger partial charge in [-0.2, -0.15) is 0 Å². The Bertz CT molecular complexity index is 886. The Balaban J connectivity index is 1.54. The highest BCUT2D eigenvalue weighted by molar-refractivity contribution is 5.83. The van der Waals surface area contributed by atoms with E-state index in [0.29, 0.717) is 13.0 Å². The second-order valence-corrected chi connectivity index (χ2v) is 6.96. The highest BCUT2D eigenvalue weighted by Gasteiger charge is 2.06. The molecule has 0 saturated carbocycles. The molecule has 134 valence electrons. The maximum absolute atomic E-state index is 12.3. The quantitative estimate of drug-likeness (QED) is 0.697. The summed E-state index contributed by atoms with van der Waals surface area (Å²) < 4.78 is 0. The fraction of sp³-hybridized carbons (Fsp3) is 0.261. The molecule has 3 heteroatoms. The van der Waals surface area contributed by atoms with E-state index in [1.54, 1.807) is 0 Å². The first kappa shape index (κ1) is 18.2. The van der Waals surface area contributed by atoms with Crippen LogP contribution in [0.4, 0.5) is 0 Å². The molecule has 0 saturated heterocycles. The van der Waals surface area contributed by atoms with Crippen molar-refractivity contribution in [3.63, 3.8) is 0 Å². The molecule has 0 bridgehead atoms. The Morgan fingerprint density at radius 3 is 2.35 bits per heavy atom. The zero-order valence-electron chi connectivity index (χ0n) is 15.5. The molecular weight excluding hydrogens is 320 g/mol. The highest BCUT2D eigenvalue weighted by atomic mass is 16.1. The molecule has 26 heavy (non-hydrogen) atoms. The largest absolute Gasteiger partial charge is 0.352 e. The van der Waals surface area contributed by atoms with Crippen LogP contribution in [0.15, 0.2) is 66.7 Å². The number of nitrogens with one attached hydrogen (secondary N) is 1. The van der Waals surface area contributed by atoms with Crippen molar-refractivity contribution in [3.05, 3.63) is 83.4 Å². The van der Waals surface area contributed by atoms with Gasteiger partial charge in [-0.05, 0) is 48.0 Å². The summed E-state index contributed by atoms with van der Waals surface area (Å²) in [7, 11) is 4.11. The monoisotopic (exact) mass is 346 g/mol. The van der Waals surface area contributed by atoms with Crippen LogP contribution in [0.5, 0.6) is 0 Å². The number of carbonyl (C=O) groups excluding carboxylic acids is 1. The van der Waals surface area contributed by atoms with Gasteiger partial charge in [-0.3, -0.25) is 4.79 Å². The van der Waals surface area contributed by atoms with E-state index >= 15 is 0 Å². The molecule has 0 heterocycles. The van der Waals surface area contributed by atoms with E-state index in [9.17, 15) is 4.79 Å². The van der Waals surface area contributed by atoms with E-state index in [-0.39, 0.29) is 5.91 Å². The molecule has 1 N–H and O–H groups in total. The fourth-order valence-corrected chi connectivity index (χ4v) is 3.16. The van der Waals surface area contributed by atoms with Crippen LogP contribution in [0.2, 0.25) is 0 Å². The number of hydrogen-bond donors (Lipinski definition) is 1. The smallest absolute Gasteiger partial charge is 0.220 e. The van der Waals surface area contributed by atoms with E-state index < -0.39 is 0 Å². The number of fused-ring (bicyclic) bond motifs is 1. The highest BCUT2D eigenvalue weighted by Crippen LogP contribution is 2.16. The molecule has 3 nitrogen and oxygen atoms in total. The second-order valence-electron chi connectivity index (χ2n) is 6.96. The molecule has 0 aliphatic rings. The lowest BCUT2D eigenvalue weighted by Crippen LogP contribution is -2.24. The molecule has 0 aliphatic heterocycles. The Kier molecular flexibility index (Phi) is 6.03. The average Bonchev–Trinajstić information content (AvgIpc) is 2.65. The lowest BCUT2D eigenvalue weighted by atomic mass is 10.0. The summed E-state index contributed by atoms with van der Waals surface area (Å²) in [6.45, 7) is 1.46. The van der Waals surface area contributed by atoms with E-state index in [1.165, 1.54) is 27.5 Å². The van der Waals surface area contributed by atoms with Gasteiger partial charge in [0.15, 0.2) is 0 Å². The summed E-state index contributed by atoms with van der Waals surface area (Å²) in [6.07, 6.45) is 1.27. The van der Waals surface area contributed by atoms with Gasteiger partial charge in [0.05, 0.1) is 0 Å². The van der Waals surface area contributed by atoms with Gasteiger partial charge >= 0.3 is 0 Å². The standard InChI is InChI=1S/C23H26N2O/c1-25(2)17-22-10-6-5-9-21(22)16-24-23(26)14-12-18-11-13-19-7-3-4-8-20(19)15-18/h3-11,13,15H,12,14,16-17H2,1-2H3,(H,24,26). The normalized spacial score (nSPS) is 11.0. The minimum absolute atomic E-state index is 0.0952. The Hall–Kier alpha value is -2.65. The molecular formula is C23H26N2O. The first-order valence-electron chi connectivity index (χ1n) is 9.08. The van der Waals surface area contributed by atoms with Crippen LogP contribution < -0.4 is 5.32 Å². The zero-order valence-corrected chi connectivity index (χ0v) is 15.5. The molecule has 0 fully saturated rings. The van der Waals surface area contributed by atoms with Crippen LogP contribution in [0.3, 0.4) is 0 Å². The maximum atomic E-state index is 12.3. The molecule has 0 unspecified atom stereocenters. The summed E-state index contributed by atoms with van der Waals surface area (Å²) in [4.78, 5) is 14.4. The SMILES string of the molecule is CN(C)Cc1ccccc1CNC(=O)CCc1ccc2ccccc2c1.